The van der Waals surface area contributed by atoms with E-state index < -0.39 is 6.04 Å². The summed E-state index contributed by atoms with van der Waals surface area (Å²) in [6, 6.07) is 3.63. The monoisotopic (exact) mass is 519 g/mol. The van der Waals surface area contributed by atoms with Gasteiger partial charge in [0.25, 0.3) is 0 Å². The average molecular weight is 520 g/mol. The van der Waals surface area contributed by atoms with Gasteiger partial charge in [-0.2, -0.15) is 0 Å². The van der Waals surface area contributed by atoms with Crippen LogP contribution in [0.5, 0.6) is 0 Å². The van der Waals surface area contributed by atoms with Crippen LogP contribution >= 0.6 is 0 Å². The lowest BCUT2D eigenvalue weighted by Crippen LogP contribution is -2.50. The van der Waals surface area contributed by atoms with Crippen LogP contribution in [-0.4, -0.2) is 35.6 Å². The first-order valence-corrected chi connectivity index (χ1v) is 14.7. The predicted molar refractivity (Wildman–Crippen MR) is 150 cm³/mol. The van der Waals surface area contributed by atoms with E-state index in [4.69, 9.17) is 10.5 Å². The number of esters is 1. The first kappa shape index (κ1) is 27.1. The summed E-state index contributed by atoms with van der Waals surface area (Å²) >= 11 is 0. The van der Waals surface area contributed by atoms with Crippen LogP contribution in [0.1, 0.15) is 84.6 Å². The molecular weight excluding hydrogens is 474 g/mol. The molecule has 5 rings (SSSR count). The Bertz CT molecular complexity index is 1110. The van der Waals surface area contributed by atoms with Crippen molar-refractivity contribution in [3.63, 3.8) is 0 Å². The summed E-state index contributed by atoms with van der Waals surface area (Å²) in [5, 5.41) is 2.77. The average Bonchev–Trinajstić information content (AvgIpc) is 3.25. The van der Waals surface area contributed by atoms with Crippen molar-refractivity contribution in [3.8, 4) is 0 Å². The molecule has 0 saturated heterocycles. The molecule has 0 radical (unpaired) electrons. The maximum absolute atomic E-state index is 13.1. The molecule has 1 aromatic heterocycles. The zero-order valence-electron chi connectivity index (χ0n) is 23.5. The number of hydrogen-bond donors (Lipinski definition) is 2. The third-order valence-electron chi connectivity index (χ3n) is 10.4. The maximum atomic E-state index is 13.1. The Morgan fingerprint density at radius 1 is 1.13 bits per heavy atom. The summed E-state index contributed by atoms with van der Waals surface area (Å²) in [6.45, 7) is 8.93. The van der Waals surface area contributed by atoms with Gasteiger partial charge in [0.2, 0.25) is 5.91 Å². The molecule has 7 atom stereocenters. The molecule has 38 heavy (non-hydrogen) atoms. The van der Waals surface area contributed by atoms with Crippen LogP contribution in [0.15, 0.2) is 42.3 Å². The molecule has 6 heteroatoms. The van der Waals surface area contributed by atoms with Gasteiger partial charge in [0, 0.05) is 18.8 Å². The van der Waals surface area contributed by atoms with Gasteiger partial charge >= 0.3 is 5.97 Å². The van der Waals surface area contributed by atoms with E-state index in [9.17, 15) is 9.59 Å². The Labute approximate surface area is 227 Å². The topological polar surface area (TPSA) is 94.3 Å². The molecule has 1 heterocycles. The van der Waals surface area contributed by atoms with Crippen LogP contribution in [0.2, 0.25) is 0 Å². The summed E-state index contributed by atoms with van der Waals surface area (Å²) in [5.74, 6) is 1.66. The van der Waals surface area contributed by atoms with Crippen molar-refractivity contribution in [1.29, 1.82) is 0 Å². The third kappa shape index (κ3) is 4.85. The summed E-state index contributed by atoms with van der Waals surface area (Å²) in [5.41, 5.74) is 10.1. The lowest BCUT2D eigenvalue weighted by atomic mass is 9.47. The van der Waals surface area contributed by atoms with E-state index in [1.54, 1.807) is 0 Å². The van der Waals surface area contributed by atoms with Crippen molar-refractivity contribution in [1.82, 2.24) is 10.3 Å². The summed E-state index contributed by atoms with van der Waals surface area (Å²) in [6.07, 6.45) is 16.8. The molecule has 0 aromatic carbocycles. The van der Waals surface area contributed by atoms with Crippen LogP contribution < -0.4 is 11.1 Å². The number of carbonyl (C=O) groups excluding carboxylic acids is 2. The Kier molecular flexibility index (Phi) is 7.56. The van der Waals surface area contributed by atoms with Crippen LogP contribution in [0.4, 0.5) is 0 Å². The number of fused-ring (bicyclic) bond motifs is 5. The lowest BCUT2D eigenvalue weighted by molar-refractivity contribution is -0.155. The van der Waals surface area contributed by atoms with Crippen LogP contribution in [-0.2, 0) is 14.3 Å². The van der Waals surface area contributed by atoms with Gasteiger partial charge in [-0.05, 0) is 96.7 Å². The van der Waals surface area contributed by atoms with Crippen LogP contribution in [0.25, 0.3) is 5.57 Å². The molecular formula is C32H45N3O3. The highest BCUT2D eigenvalue weighted by Gasteiger charge is 2.57. The fourth-order valence-electron chi connectivity index (χ4n) is 8.45. The van der Waals surface area contributed by atoms with Gasteiger partial charge in [-0.15, -0.1) is 0 Å². The molecule has 0 bridgehead atoms. The number of nitrogens with one attached hydrogen (secondary N) is 1. The van der Waals surface area contributed by atoms with E-state index in [1.807, 2.05) is 26.2 Å². The van der Waals surface area contributed by atoms with Gasteiger partial charge < -0.3 is 15.8 Å². The number of ether oxygens (including phenoxy) is 1. The second-order valence-corrected chi connectivity index (χ2v) is 13.1. The van der Waals surface area contributed by atoms with Crippen molar-refractivity contribution in [3.05, 3.63) is 47.8 Å². The molecule has 0 unspecified atom stereocenters. The number of allylic oxidation sites excluding steroid dienone is 3. The van der Waals surface area contributed by atoms with Crippen molar-refractivity contribution < 1.29 is 14.3 Å². The number of nitrogens with zero attached hydrogens (tertiary/aromatic N) is 1. The Balaban J connectivity index is 1.28. The number of nitrogens with two attached hydrogens (primary N) is 1. The first-order chi connectivity index (χ1) is 18.2. The Morgan fingerprint density at radius 3 is 2.63 bits per heavy atom. The van der Waals surface area contributed by atoms with E-state index in [-0.39, 0.29) is 41.3 Å². The minimum atomic E-state index is -0.635. The number of hydrogen-bond acceptors (Lipinski definition) is 5. The Hall–Kier alpha value is -2.47. The minimum Gasteiger partial charge on any atom is -0.461 e. The normalized spacial score (nSPS) is 34.8. The molecule has 1 amide bonds. The number of carbonyl (C=O) groups is 2. The molecule has 3 N–H and O–H groups in total. The molecule has 4 aliphatic carbocycles. The second kappa shape index (κ2) is 10.6. The second-order valence-electron chi connectivity index (χ2n) is 13.1. The summed E-state index contributed by atoms with van der Waals surface area (Å²) in [7, 11) is 0. The SMILES string of the molecule is CC(C)C[C@H](NC(=O)CN)C(=O)O[C@H]1CC[C@@]2(C)C(=CC[C@@H]3[C@@H]2CC[C@]2(C)C(c4cccnc4)=CC[C@@H]32)C1. The van der Waals surface area contributed by atoms with Crippen molar-refractivity contribution in [2.24, 2.45) is 40.2 Å². The van der Waals surface area contributed by atoms with Gasteiger partial charge in [0.15, 0.2) is 0 Å². The highest BCUT2D eigenvalue weighted by molar-refractivity contribution is 5.85. The van der Waals surface area contributed by atoms with Crippen molar-refractivity contribution >= 4 is 17.4 Å². The molecule has 4 aliphatic rings. The van der Waals surface area contributed by atoms with Gasteiger partial charge in [-0.1, -0.05) is 51.5 Å². The first-order valence-electron chi connectivity index (χ1n) is 14.7. The number of amides is 1. The highest BCUT2D eigenvalue weighted by atomic mass is 16.5. The zero-order valence-corrected chi connectivity index (χ0v) is 23.5. The standard InChI is InChI=1S/C32H45N3O3/c1-20(2)16-28(35-29(36)18-33)30(37)38-23-11-13-31(3)22(17-23)7-8-24-26-10-9-25(21-6-5-15-34-19-21)32(26,4)14-12-27(24)31/h5-7,9,15,19-20,23-24,26-28H,8,10-14,16-18,33H2,1-4H3,(H,35,36)/t23-,24-,26-,27-,28-,31-,32+/m0/s1. The fourth-order valence-corrected chi connectivity index (χ4v) is 8.45. The third-order valence-corrected chi connectivity index (χ3v) is 10.4. The molecule has 206 valence electrons. The molecule has 1 aromatic rings. The molecule has 2 saturated carbocycles. The zero-order chi connectivity index (χ0) is 27.1. The quantitative estimate of drug-likeness (QED) is 0.370. The van der Waals surface area contributed by atoms with Crippen molar-refractivity contribution in [2.75, 3.05) is 6.54 Å². The number of pyridine rings is 1. The fraction of sp³-hybridized carbons (Fsp3) is 0.656. The van der Waals surface area contributed by atoms with E-state index in [2.05, 4.69) is 48.4 Å². The van der Waals surface area contributed by atoms with Crippen molar-refractivity contribution in [2.45, 2.75) is 91.2 Å². The molecule has 6 nitrogen and oxygen atoms in total. The maximum Gasteiger partial charge on any atom is 0.328 e. The van der Waals surface area contributed by atoms with Crippen LogP contribution in [0.3, 0.4) is 0 Å². The van der Waals surface area contributed by atoms with E-state index >= 15 is 0 Å². The van der Waals surface area contributed by atoms with Gasteiger partial charge in [0.05, 0.1) is 6.54 Å². The number of aromatic nitrogens is 1. The number of rotatable bonds is 7. The van der Waals surface area contributed by atoms with Gasteiger partial charge in [0.1, 0.15) is 12.1 Å². The lowest BCUT2D eigenvalue weighted by Gasteiger charge is -2.57. The minimum absolute atomic E-state index is 0.123. The highest BCUT2D eigenvalue weighted by Crippen LogP contribution is 2.66. The van der Waals surface area contributed by atoms with E-state index in [0.29, 0.717) is 24.2 Å². The molecule has 2 fully saturated rings. The van der Waals surface area contributed by atoms with E-state index in [0.717, 1.165) is 32.1 Å². The molecule has 0 spiro atoms. The smallest absolute Gasteiger partial charge is 0.328 e. The molecule has 0 aliphatic heterocycles. The summed E-state index contributed by atoms with van der Waals surface area (Å²) in [4.78, 5) is 29.4. The predicted octanol–water partition coefficient (Wildman–Crippen LogP) is 5.44. The van der Waals surface area contributed by atoms with Gasteiger partial charge in [-0.3, -0.25) is 9.78 Å². The largest absolute Gasteiger partial charge is 0.461 e. The van der Waals surface area contributed by atoms with E-state index in [1.165, 1.54) is 29.6 Å². The summed E-state index contributed by atoms with van der Waals surface area (Å²) < 4.78 is 6.03. The van der Waals surface area contributed by atoms with Crippen LogP contribution in [0, 0.1) is 34.5 Å². The van der Waals surface area contributed by atoms with Gasteiger partial charge in [-0.25, -0.2) is 4.79 Å². The Morgan fingerprint density at radius 2 is 1.92 bits per heavy atom.